The number of carbonyl (C=O) groups excluding carboxylic acids is 1. The number of fused-ring (bicyclic) bond motifs is 1. The summed E-state index contributed by atoms with van der Waals surface area (Å²) < 4.78 is 23.3. The van der Waals surface area contributed by atoms with Crippen molar-refractivity contribution in [3.05, 3.63) is 60.1 Å². The van der Waals surface area contributed by atoms with Crippen LogP contribution in [-0.4, -0.2) is 76.4 Å². The topological polar surface area (TPSA) is 113 Å². The molecule has 3 unspecified atom stereocenters. The van der Waals surface area contributed by atoms with E-state index in [9.17, 15) is 14.7 Å². The van der Waals surface area contributed by atoms with Crippen molar-refractivity contribution in [1.29, 1.82) is 0 Å². The third-order valence-electron chi connectivity index (χ3n) is 9.11. The minimum atomic E-state index is -1.31. The predicted octanol–water partition coefficient (Wildman–Crippen LogP) is 6.95. The van der Waals surface area contributed by atoms with Crippen molar-refractivity contribution in [2.75, 3.05) is 29.9 Å². The van der Waals surface area contributed by atoms with Gasteiger partial charge in [-0.2, -0.15) is 0 Å². The van der Waals surface area contributed by atoms with Crippen LogP contribution in [0.3, 0.4) is 0 Å². The van der Waals surface area contributed by atoms with E-state index in [2.05, 4.69) is 55.7 Å². The largest absolute Gasteiger partial charge is 0.465 e. The van der Waals surface area contributed by atoms with Gasteiger partial charge in [-0.15, -0.1) is 0 Å². The zero-order valence-corrected chi connectivity index (χ0v) is 29.0. The molecule has 2 aliphatic heterocycles. The summed E-state index contributed by atoms with van der Waals surface area (Å²) in [6.45, 7) is 16.6. The van der Waals surface area contributed by atoms with Crippen molar-refractivity contribution in [3.63, 3.8) is 0 Å². The second kappa shape index (κ2) is 13.1. The Kier molecular flexibility index (Phi) is 9.60. The summed E-state index contributed by atoms with van der Waals surface area (Å²) >= 11 is 0. The van der Waals surface area contributed by atoms with Crippen molar-refractivity contribution in [2.45, 2.75) is 85.0 Å². The minimum absolute atomic E-state index is 0.120. The lowest BCUT2D eigenvalue weighted by atomic mass is 9.82. The van der Waals surface area contributed by atoms with Gasteiger partial charge in [-0.3, -0.25) is 14.7 Å². The maximum atomic E-state index is 15.6. The first-order chi connectivity index (χ1) is 21.6. The van der Waals surface area contributed by atoms with Crippen LogP contribution in [0.15, 0.2) is 42.7 Å². The Hall–Kier alpha value is -3.77. The maximum absolute atomic E-state index is 15.6. The lowest BCUT2D eigenvalue weighted by Crippen LogP contribution is -2.53. The monoisotopic (exact) mass is 650 g/mol. The molecule has 2 aromatic heterocycles. The van der Waals surface area contributed by atoms with E-state index in [4.69, 9.17) is 4.74 Å². The van der Waals surface area contributed by atoms with Gasteiger partial charge in [0.25, 0.3) is 5.91 Å². The number of aryl methyl sites for hydroxylation is 1. The fourth-order valence-electron chi connectivity index (χ4n) is 6.65. The Balaban J connectivity index is 1.41. The first-order valence-corrected chi connectivity index (χ1v) is 19.8. The zero-order valence-electron chi connectivity index (χ0n) is 28.0. The molecular formula is C34H47FN6O4Si. The molecule has 2 N–H and O–H groups in total. The molecule has 0 aliphatic carbocycles. The van der Waals surface area contributed by atoms with Crippen LogP contribution in [0.5, 0.6) is 0 Å². The number of para-hydroxylation sites is 1. The summed E-state index contributed by atoms with van der Waals surface area (Å²) in [6.07, 6.45) is 4.07. The van der Waals surface area contributed by atoms with Gasteiger partial charge in [0.05, 0.1) is 23.1 Å². The number of nitrogens with zero attached hydrogens (tertiary/aromatic N) is 5. The van der Waals surface area contributed by atoms with E-state index in [0.29, 0.717) is 31.1 Å². The molecule has 4 heterocycles. The van der Waals surface area contributed by atoms with Gasteiger partial charge < -0.3 is 24.6 Å². The second-order valence-electron chi connectivity index (χ2n) is 14.9. The Bertz CT molecular complexity index is 1580. The highest BCUT2D eigenvalue weighted by atomic mass is 28.3. The number of benzene rings is 1. The van der Waals surface area contributed by atoms with Gasteiger partial charge in [0.1, 0.15) is 12.5 Å². The van der Waals surface area contributed by atoms with Gasteiger partial charge in [0, 0.05) is 57.5 Å². The summed E-state index contributed by atoms with van der Waals surface area (Å²) in [4.78, 5) is 38.7. The third kappa shape index (κ3) is 7.44. The Labute approximate surface area is 272 Å². The van der Waals surface area contributed by atoms with Crippen LogP contribution in [-0.2, 0) is 11.5 Å². The normalized spacial score (nSPS) is 20.1. The van der Waals surface area contributed by atoms with Crippen LogP contribution in [0.2, 0.25) is 25.7 Å². The number of hydrogen-bond acceptors (Lipinski definition) is 6. The van der Waals surface area contributed by atoms with E-state index in [1.165, 1.54) is 6.07 Å². The smallest absolute Gasteiger partial charge is 0.407 e. The highest BCUT2D eigenvalue weighted by Gasteiger charge is 2.50. The van der Waals surface area contributed by atoms with E-state index in [0.717, 1.165) is 30.1 Å². The molecule has 2 aliphatic rings. The van der Waals surface area contributed by atoms with Gasteiger partial charge in [0.2, 0.25) is 5.82 Å². The molecule has 3 atom stereocenters. The average molecular weight is 651 g/mol. The number of nitrogens with one attached hydrogen (secondary N) is 1. The molecule has 0 spiro atoms. The van der Waals surface area contributed by atoms with E-state index in [1.54, 1.807) is 34.0 Å². The number of carbonyl (C=O) groups is 2. The lowest BCUT2D eigenvalue weighted by molar-refractivity contribution is 0.0809. The molecule has 46 heavy (non-hydrogen) atoms. The number of carboxylic acid groups (broad SMARTS) is 1. The molecule has 1 aromatic carbocycles. The van der Waals surface area contributed by atoms with Crippen LogP contribution in [0.25, 0.3) is 11.3 Å². The van der Waals surface area contributed by atoms with Crippen LogP contribution >= 0.6 is 0 Å². The second-order valence-corrected chi connectivity index (χ2v) is 20.5. The number of aromatic nitrogens is 3. The lowest BCUT2D eigenvalue weighted by Gasteiger charge is -2.41. The number of imidazole rings is 1. The molecule has 3 aromatic rings. The van der Waals surface area contributed by atoms with E-state index in [-0.39, 0.29) is 41.7 Å². The number of halogens is 1. The third-order valence-corrected chi connectivity index (χ3v) is 10.8. The molecule has 2 fully saturated rings. The van der Waals surface area contributed by atoms with Gasteiger partial charge >= 0.3 is 6.09 Å². The molecule has 248 valence electrons. The number of amides is 2. The van der Waals surface area contributed by atoms with Crippen LogP contribution in [0, 0.1) is 24.1 Å². The van der Waals surface area contributed by atoms with Crippen LogP contribution < -0.4 is 10.2 Å². The van der Waals surface area contributed by atoms with Gasteiger partial charge in [-0.05, 0) is 61.4 Å². The van der Waals surface area contributed by atoms with E-state index in [1.807, 2.05) is 24.0 Å². The Morgan fingerprint density at radius 1 is 1.20 bits per heavy atom. The molecule has 0 saturated carbocycles. The van der Waals surface area contributed by atoms with Crippen molar-refractivity contribution < 1.29 is 23.8 Å². The zero-order chi connectivity index (χ0) is 33.4. The highest BCUT2D eigenvalue weighted by Crippen LogP contribution is 2.44. The quantitative estimate of drug-likeness (QED) is 0.190. The van der Waals surface area contributed by atoms with Crippen LogP contribution in [0.1, 0.15) is 49.9 Å². The van der Waals surface area contributed by atoms with Crippen LogP contribution in [0.4, 0.5) is 20.6 Å². The summed E-state index contributed by atoms with van der Waals surface area (Å²) in [5, 5.41) is 13.1. The van der Waals surface area contributed by atoms with Gasteiger partial charge in [0.15, 0.2) is 0 Å². The molecule has 10 nitrogen and oxygen atoms in total. The number of anilines is 2. The van der Waals surface area contributed by atoms with Gasteiger partial charge in [-0.25, -0.2) is 14.2 Å². The number of ether oxygens (including phenoxy) is 1. The number of likely N-dealkylation sites (tertiary alicyclic amines) is 1. The average Bonchev–Trinajstić information content (AvgIpc) is 3.57. The number of hydrogen-bond donors (Lipinski definition) is 2. The SMILES string of the molecule is Cc1cc(-c2cn(COCC[Si](C)(C)C)c(C(=O)Nc3cccc(F)c3N3CCC4CC(C(C)(C)C)N(C(=O)O)C4C3)n2)ccn1. The van der Waals surface area contributed by atoms with E-state index >= 15 is 4.39 Å². The number of rotatable bonds is 9. The summed E-state index contributed by atoms with van der Waals surface area (Å²) in [5.74, 6) is -0.625. The summed E-state index contributed by atoms with van der Waals surface area (Å²) in [5.41, 5.74) is 2.61. The standard InChI is InChI=1S/C34H47FN6O4Si/c1-22-17-23(11-13-36-22)27-19-40(21-45-15-16-46(5,6)7)31(37-27)32(42)38-26-10-8-9-25(35)30(26)39-14-12-24-18-29(34(2,3)4)41(33(43)44)28(24)20-39/h8-11,13,17,19,24,28-29H,12,14-16,18,20-21H2,1-7H3,(H,38,42)(H,43,44). The molecule has 0 radical (unpaired) electrons. The summed E-state index contributed by atoms with van der Waals surface area (Å²) in [7, 11) is -1.31. The fraction of sp³-hybridized carbons (Fsp3) is 0.529. The summed E-state index contributed by atoms with van der Waals surface area (Å²) in [6, 6.07) is 8.96. The maximum Gasteiger partial charge on any atom is 0.407 e. The molecule has 2 saturated heterocycles. The first-order valence-electron chi connectivity index (χ1n) is 16.1. The molecule has 5 rings (SSSR count). The predicted molar refractivity (Wildman–Crippen MR) is 180 cm³/mol. The van der Waals surface area contributed by atoms with Crippen molar-refractivity contribution in [1.82, 2.24) is 19.4 Å². The van der Waals surface area contributed by atoms with Gasteiger partial charge in [-0.1, -0.05) is 46.5 Å². The van der Waals surface area contributed by atoms with Crippen molar-refractivity contribution in [2.24, 2.45) is 11.3 Å². The number of pyridine rings is 1. The van der Waals surface area contributed by atoms with Crippen molar-refractivity contribution >= 4 is 31.4 Å². The molecule has 0 bridgehead atoms. The first kappa shape index (κ1) is 33.6. The van der Waals surface area contributed by atoms with Crippen molar-refractivity contribution in [3.8, 4) is 11.3 Å². The Morgan fingerprint density at radius 2 is 1.96 bits per heavy atom. The highest BCUT2D eigenvalue weighted by molar-refractivity contribution is 6.76. The fourth-order valence-corrected chi connectivity index (χ4v) is 7.40. The Morgan fingerprint density at radius 3 is 2.63 bits per heavy atom. The van der Waals surface area contributed by atoms with E-state index < -0.39 is 25.9 Å². The number of piperidine rings is 1. The molecule has 12 heteroatoms. The molecule has 2 amide bonds. The molecular weight excluding hydrogens is 603 g/mol. The minimum Gasteiger partial charge on any atom is -0.465 e.